The van der Waals surface area contributed by atoms with Crippen LogP contribution in [0.25, 0.3) is 0 Å². The number of hydrogen-bond donors (Lipinski definition) is 1. The minimum Gasteiger partial charge on any atom is -0.496 e. The van der Waals surface area contributed by atoms with E-state index >= 15 is 0 Å². The summed E-state index contributed by atoms with van der Waals surface area (Å²) in [6.07, 6.45) is 2.95. The Labute approximate surface area is 124 Å². The van der Waals surface area contributed by atoms with Gasteiger partial charge >= 0.3 is 0 Å². The highest BCUT2D eigenvalue weighted by molar-refractivity contribution is 7.99. The number of ether oxygens (including phenoxy) is 1. The Morgan fingerprint density at radius 2 is 2.05 bits per heavy atom. The monoisotopic (exact) mass is 288 g/mol. The van der Waals surface area contributed by atoms with Crippen molar-refractivity contribution in [2.45, 2.75) is 29.2 Å². The summed E-state index contributed by atoms with van der Waals surface area (Å²) in [5.74, 6) is 0.892. The molecule has 0 spiro atoms. The van der Waals surface area contributed by atoms with Crippen molar-refractivity contribution in [2.24, 2.45) is 0 Å². The molecule has 2 aromatic rings. The smallest absolute Gasteiger partial charge is 0.132 e. The molecule has 20 heavy (non-hydrogen) atoms. The molecule has 1 atom stereocenters. The Bertz CT molecular complexity index is 538. The van der Waals surface area contributed by atoms with Gasteiger partial charge in [-0.05, 0) is 37.7 Å². The molecule has 0 aliphatic rings. The SMILES string of the molecule is CCC(NC)c1ccc(Sc2ccccc2OC)cn1. The molecule has 0 saturated carbocycles. The van der Waals surface area contributed by atoms with Gasteiger partial charge in [0.2, 0.25) is 0 Å². The number of nitrogens with zero attached hydrogens (tertiary/aromatic N) is 1. The van der Waals surface area contributed by atoms with Crippen molar-refractivity contribution in [2.75, 3.05) is 14.2 Å². The summed E-state index contributed by atoms with van der Waals surface area (Å²) in [6, 6.07) is 12.5. The van der Waals surface area contributed by atoms with Gasteiger partial charge in [0, 0.05) is 17.1 Å². The third-order valence-corrected chi connectivity index (χ3v) is 4.20. The predicted octanol–water partition coefficient (Wildman–Crippen LogP) is 3.91. The van der Waals surface area contributed by atoms with Gasteiger partial charge in [0.05, 0.1) is 17.7 Å². The number of pyridine rings is 1. The maximum Gasteiger partial charge on any atom is 0.132 e. The number of aromatic nitrogens is 1. The second-order valence-electron chi connectivity index (χ2n) is 4.42. The lowest BCUT2D eigenvalue weighted by atomic mass is 10.1. The van der Waals surface area contributed by atoms with E-state index in [-0.39, 0.29) is 0 Å². The Hall–Kier alpha value is -1.52. The van der Waals surface area contributed by atoms with Gasteiger partial charge in [-0.3, -0.25) is 4.98 Å². The minimum absolute atomic E-state index is 0.320. The van der Waals surface area contributed by atoms with Crippen LogP contribution in [0.4, 0.5) is 0 Å². The summed E-state index contributed by atoms with van der Waals surface area (Å²) in [7, 11) is 3.66. The zero-order valence-corrected chi connectivity index (χ0v) is 12.9. The zero-order valence-electron chi connectivity index (χ0n) is 12.1. The van der Waals surface area contributed by atoms with Crippen LogP contribution in [0.3, 0.4) is 0 Å². The minimum atomic E-state index is 0.320. The Kier molecular flexibility index (Phi) is 5.44. The summed E-state index contributed by atoms with van der Waals surface area (Å²) in [4.78, 5) is 6.77. The van der Waals surface area contributed by atoms with E-state index < -0.39 is 0 Å². The molecule has 0 amide bonds. The third kappa shape index (κ3) is 3.52. The van der Waals surface area contributed by atoms with Crippen molar-refractivity contribution in [3.8, 4) is 5.75 Å². The normalized spacial score (nSPS) is 12.2. The molecule has 0 aliphatic heterocycles. The summed E-state index contributed by atoms with van der Waals surface area (Å²) < 4.78 is 5.36. The fourth-order valence-electron chi connectivity index (χ4n) is 2.05. The maximum absolute atomic E-state index is 5.36. The summed E-state index contributed by atoms with van der Waals surface area (Å²) >= 11 is 1.67. The van der Waals surface area contributed by atoms with Crippen LogP contribution in [-0.4, -0.2) is 19.1 Å². The van der Waals surface area contributed by atoms with Gasteiger partial charge in [-0.2, -0.15) is 0 Å². The first-order valence-electron chi connectivity index (χ1n) is 6.72. The molecule has 0 aliphatic carbocycles. The van der Waals surface area contributed by atoms with Crippen LogP contribution >= 0.6 is 11.8 Å². The van der Waals surface area contributed by atoms with E-state index in [2.05, 4.69) is 35.4 Å². The van der Waals surface area contributed by atoms with Crippen LogP contribution in [-0.2, 0) is 0 Å². The Morgan fingerprint density at radius 1 is 1.25 bits per heavy atom. The molecule has 1 aromatic carbocycles. The molecule has 1 unspecified atom stereocenters. The highest BCUT2D eigenvalue weighted by Gasteiger charge is 2.09. The molecule has 2 rings (SSSR count). The second kappa shape index (κ2) is 7.31. The molecule has 0 fully saturated rings. The lowest BCUT2D eigenvalue weighted by molar-refractivity contribution is 0.405. The summed E-state index contributed by atoms with van der Waals surface area (Å²) in [5.41, 5.74) is 1.08. The van der Waals surface area contributed by atoms with E-state index in [0.717, 1.165) is 27.7 Å². The molecular weight excluding hydrogens is 268 g/mol. The van der Waals surface area contributed by atoms with Gasteiger partial charge in [0.25, 0.3) is 0 Å². The third-order valence-electron chi connectivity index (χ3n) is 3.17. The van der Waals surface area contributed by atoms with Crippen molar-refractivity contribution in [3.63, 3.8) is 0 Å². The van der Waals surface area contributed by atoms with Crippen LogP contribution in [0.1, 0.15) is 25.1 Å². The molecule has 1 aromatic heterocycles. The Balaban J connectivity index is 2.14. The molecule has 106 valence electrons. The van der Waals surface area contributed by atoms with E-state index in [0.29, 0.717) is 6.04 Å². The lowest BCUT2D eigenvalue weighted by Gasteiger charge is -2.13. The van der Waals surface area contributed by atoms with Crippen LogP contribution in [0.5, 0.6) is 5.75 Å². The molecular formula is C16H20N2OS. The second-order valence-corrected chi connectivity index (χ2v) is 5.54. The van der Waals surface area contributed by atoms with E-state index in [1.807, 2.05) is 31.4 Å². The lowest BCUT2D eigenvalue weighted by Crippen LogP contribution is -2.16. The highest BCUT2D eigenvalue weighted by atomic mass is 32.2. The van der Waals surface area contributed by atoms with Crippen molar-refractivity contribution < 1.29 is 4.74 Å². The van der Waals surface area contributed by atoms with Gasteiger partial charge in [0.15, 0.2) is 0 Å². The van der Waals surface area contributed by atoms with Gasteiger partial charge in [-0.25, -0.2) is 0 Å². The van der Waals surface area contributed by atoms with Crippen molar-refractivity contribution >= 4 is 11.8 Å². The maximum atomic E-state index is 5.36. The van der Waals surface area contributed by atoms with E-state index in [1.165, 1.54) is 0 Å². The van der Waals surface area contributed by atoms with Crippen LogP contribution in [0.2, 0.25) is 0 Å². The number of para-hydroxylation sites is 1. The van der Waals surface area contributed by atoms with Crippen molar-refractivity contribution in [1.29, 1.82) is 0 Å². The Morgan fingerprint density at radius 3 is 2.65 bits per heavy atom. The van der Waals surface area contributed by atoms with E-state index in [9.17, 15) is 0 Å². The van der Waals surface area contributed by atoms with E-state index in [1.54, 1.807) is 18.9 Å². The fraction of sp³-hybridized carbons (Fsp3) is 0.312. The van der Waals surface area contributed by atoms with Gasteiger partial charge < -0.3 is 10.1 Å². The molecule has 4 heteroatoms. The molecule has 1 heterocycles. The molecule has 1 N–H and O–H groups in total. The molecule has 3 nitrogen and oxygen atoms in total. The number of nitrogens with one attached hydrogen (secondary N) is 1. The number of benzene rings is 1. The van der Waals surface area contributed by atoms with Gasteiger partial charge in [-0.15, -0.1) is 0 Å². The highest BCUT2D eigenvalue weighted by Crippen LogP contribution is 2.34. The van der Waals surface area contributed by atoms with E-state index in [4.69, 9.17) is 4.74 Å². The number of rotatable bonds is 6. The molecule has 0 radical (unpaired) electrons. The summed E-state index contributed by atoms with van der Waals surface area (Å²) in [6.45, 7) is 2.15. The number of methoxy groups -OCH3 is 1. The summed E-state index contributed by atoms with van der Waals surface area (Å²) in [5, 5.41) is 3.27. The predicted molar refractivity (Wildman–Crippen MR) is 83.4 cm³/mol. The zero-order chi connectivity index (χ0) is 14.4. The topological polar surface area (TPSA) is 34.1 Å². The van der Waals surface area contributed by atoms with Crippen molar-refractivity contribution in [1.82, 2.24) is 10.3 Å². The standard InChI is InChI=1S/C16H20N2OS/c1-4-13(17-2)14-10-9-12(11-18-14)20-16-8-6-5-7-15(16)19-3/h5-11,13,17H,4H2,1-3H3. The largest absolute Gasteiger partial charge is 0.496 e. The van der Waals surface area contributed by atoms with Gasteiger partial charge in [0.1, 0.15) is 5.75 Å². The average molecular weight is 288 g/mol. The fourth-order valence-corrected chi connectivity index (χ4v) is 2.94. The van der Waals surface area contributed by atoms with Crippen LogP contribution < -0.4 is 10.1 Å². The van der Waals surface area contributed by atoms with Gasteiger partial charge in [-0.1, -0.05) is 30.8 Å². The van der Waals surface area contributed by atoms with Crippen LogP contribution in [0, 0.1) is 0 Å². The first-order chi connectivity index (χ1) is 9.78. The quantitative estimate of drug-likeness (QED) is 0.874. The molecule has 0 bridgehead atoms. The first kappa shape index (κ1) is 14.9. The average Bonchev–Trinajstić information content (AvgIpc) is 2.51. The van der Waals surface area contributed by atoms with Crippen molar-refractivity contribution in [3.05, 3.63) is 48.3 Å². The number of hydrogen-bond acceptors (Lipinski definition) is 4. The first-order valence-corrected chi connectivity index (χ1v) is 7.54. The van der Waals surface area contributed by atoms with Crippen LogP contribution in [0.15, 0.2) is 52.4 Å². The molecule has 0 saturated heterocycles.